The van der Waals surface area contributed by atoms with Crippen LogP contribution in [-0.2, 0) is 6.54 Å². The van der Waals surface area contributed by atoms with Gasteiger partial charge in [-0.3, -0.25) is 0 Å². The first kappa shape index (κ1) is 11.3. The topological polar surface area (TPSA) is 25.2 Å². The van der Waals surface area contributed by atoms with Gasteiger partial charge < -0.3 is 9.73 Å². The molecule has 2 nitrogen and oxygen atoms in total. The summed E-state index contributed by atoms with van der Waals surface area (Å²) in [5.41, 5.74) is 0. The molecule has 0 fully saturated rings. The van der Waals surface area contributed by atoms with Crippen molar-refractivity contribution < 1.29 is 4.42 Å². The zero-order valence-corrected chi connectivity index (χ0v) is 9.25. The van der Waals surface area contributed by atoms with Crippen molar-refractivity contribution >= 4 is 0 Å². The maximum Gasteiger partial charge on any atom is 0.117 e. The maximum atomic E-state index is 5.27. The molecule has 0 aliphatic carbocycles. The summed E-state index contributed by atoms with van der Waals surface area (Å²) in [7, 11) is 0. The van der Waals surface area contributed by atoms with E-state index >= 15 is 0 Å². The van der Waals surface area contributed by atoms with Crippen molar-refractivity contribution in [1.29, 1.82) is 0 Å². The quantitative estimate of drug-likeness (QED) is 0.722. The fourth-order valence-corrected chi connectivity index (χ4v) is 1.56. The molecule has 14 heavy (non-hydrogen) atoms. The maximum absolute atomic E-state index is 5.27. The fraction of sp³-hybridized carbons (Fsp3) is 0.667. The van der Waals surface area contributed by atoms with Gasteiger partial charge in [0.05, 0.1) is 12.8 Å². The third-order valence-corrected chi connectivity index (χ3v) is 2.54. The van der Waals surface area contributed by atoms with Gasteiger partial charge in [-0.25, -0.2) is 0 Å². The minimum absolute atomic E-state index is 0.639. The number of hydrogen-bond donors (Lipinski definition) is 1. The molecular formula is C12H21NO. The Kier molecular flexibility index (Phi) is 5.38. The summed E-state index contributed by atoms with van der Waals surface area (Å²) in [6.07, 6.45) is 6.78. The molecule has 80 valence electrons. The highest BCUT2D eigenvalue weighted by Gasteiger charge is 2.05. The molecule has 1 rings (SSSR count). The zero-order valence-electron chi connectivity index (χ0n) is 9.25. The van der Waals surface area contributed by atoms with Crippen LogP contribution in [0, 0.1) is 0 Å². The van der Waals surface area contributed by atoms with Crippen molar-refractivity contribution in [2.24, 2.45) is 0 Å². The lowest BCUT2D eigenvalue weighted by atomic mass is 10.1. The second kappa shape index (κ2) is 6.66. The Morgan fingerprint density at radius 1 is 1.43 bits per heavy atom. The average molecular weight is 195 g/mol. The lowest BCUT2D eigenvalue weighted by Gasteiger charge is -2.15. The first-order valence-electron chi connectivity index (χ1n) is 5.62. The molecule has 0 aliphatic rings. The molecule has 1 heterocycles. The highest BCUT2D eigenvalue weighted by atomic mass is 16.3. The van der Waals surface area contributed by atoms with Crippen molar-refractivity contribution in [1.82, 2.24) is 5.32 Å². The third kappa shape index (κ3) is 3.97. The second-order valence-electron chi connectivity index (χ2n) is 3.71. The van der Waals surface area contributed by atoms with E-state index in [1.165, 1.54) is 25.7 Å². The largest absolute Gasteiger partial charge is 0.468 e. The predicted molar refractivity (Wildman–Crippen MR) is 59.2 cm³/mol. The van der Waals surface area contributed by atoms with E-state index in [0.29, 0.717) is 6.04 Å². The molecule has 2 heteroatoms. The van der Waals surface area contributed by atoms with Crippen molar-refractivity contribution in [2.75, 3.05) is 0 Å². The Balaban J connectivity index is 2.20. The lowest BCUT2D eigenvalue weighted by molar-refractivity contribution is 0.413. The van der Waals surface area contributed by atoms with Gasteiger partial charge in [-0.2, -0.15) is 0 Å². The smallest absolute Gasteiger partial charge is 0.117 e. The van der Waals surface area contributed by atoms with Crippen LogP contribution in [0.4, 0.5) is 0 Å². The summed E-state index contributed by atoms with van der Waals surface area (Å²) in [6, 6.07) is 4.59. The van der Waals surface area contributed by atoms with Crippen LogP contribution >= 0.6 is 0 Å². The fourth-order valence-electron chi connectivity index (χ4n) is 1.56. The van der Waals surface area contributed by atoms with E-state index in [9.17, 15) is 0 Å². The molecule has 0 aliphatic heterocycles. The number of nitrogens with one attached hydrogen (secondary N) is 1. The molecule has 0 unspecified atom stereocenters. The molecule has 0 saturated heterocycles. The molecule has 1 aromatic heterocycles. The van der Waals surface area contributed by atoms with Crippen molar-refractivity contribution in [2.45, 2.75) is 52.1 Å². The van der Waals surface area contributed by atoms with Crippen LogP contribution in [0.15, 0.2) is 22.8 Å². The summed E-state index contributed by atoms with van der Waals surface area (Å²) in [5.74, 6) is 1.03. The monoisotopic (exact) mass is 195 g/mol. The molecular weight excluding hydrogens is 174 g/mol. The van der Waals surface area contributed by atoms with Gasteiger partial charge in [-0.1, -0.05) is 26.7 Å². The first-order valence-corrected chi connectivity index (χ1v) is 5.62. The molecule has 0 radical (unpaired) electrons. The van der Waals surface area contributed by atoms with Crippen LogP contribution in [-0.4, -0.2) is 6.04 Å². The molecule has 1 atom stereocenters. The molecule has 1 aromatic rings. The Bertz CT molecular complexity index is 218. The van der Waals surface area contributed by atoms with Crippen LogP contribution in [0.1, 0.15) is 45.3 Å². The molecule has 0 aromatic carbocycles. The van der Waals surface area contributed by atoms with E-state index in [2.05, 4.69) is 19.2 Å². The van der Waals surface area contributed by atoms with Gasteiger partial charge in [0, 0.05) is 6.04 Å². The molecule has 0 saturated carbocycles. The van der Waals surface area contributed by atoms with E-state index in [4.69, 9.17) is 4.42 Å². The average Bonchev–Trinajstić information content (AvgIpc) is 2.71. The first-order chi connectivity index (χ1) is 6.86. The molecule has 1 N–H and O–H groups in total. The Morgan fingerprint density at radius 3 is 2.86 bits per heavy atom. The van der Waals surface area contributed by atoms with E-state index < -0.39 is 0 Å². The zero-order chi connectivity index (χ0) is 10.2. The van der Waals surface area contributed by atoms with E-state index in [1.807, 2.05) is 12.1 Å². The minimum atomic E-state index is 0.639. The number of hydrogen-bond acceptors (Lipinski definition) is 2. The summed E-state index contributed by atoms with van der Waals surface area (Å²) in [4.78, 5) is 0. The summed E-state index contributed by atoms with van der Waals surface area (Å²) in [5, 5.41) is 3.51. The van der Waals surface area contributed by atoms with Gasteiger partial charge in [0.2, 0.25) is 0 Å². The predicted octanol–water partition coefficient (Wildman–Crippen LogP) is 3.34. The van der Waals surface area contributed by atoms with E-state index in [-0.39, 0.29) is 0 Å². The summed E-state index contributed by atoms with van der Waals surface area (Å²) in [6.45, 7) is 5.32. The van der Waals surface area contributed by atoms with Gasteiger partial charge in [-0.15, -0.1) is 0 Å². The van der Waals surface area contributed by atoms with Crippen LogP contribution < -0.4 is 5.32 Å². The van der Waals surface area contributed by atoms with Crippen LogP contribution in [0.25, 0.3) is 0 Å². The van der Waals surface area contributed by atoms with Gasteiger partial charge in [0.1, 0.15) is 5.76 Å². The third-order valence-electron chi connectivity index (χ3n) is 2.54. The molecule has 0 amide bonds. The molecule has 0 bridgehead atoms. The normalized spacial score (nSPS) is 13.0. The summed E-state index contributed by atoms with van der Waals surface area (Å²) < 4.78 is 5.27. The minimum Gasteiger partial charge on any atom is -0.468 e. The van der Waals surface area contributed by atoms with E-state index in [1.54, 1.807) is 6.26 Å². The standard InChI is InChI=1S/C12H21NO/c1-3-5-7-11(4-2)13-10-12-8-6-9-14-12/h6,8-9,11,13H,3-5,7,10H2,1-2H3/t11-/m1/s1. The van der Waals surface area contributed by atoms with Crippen LogP contribution in [0.5, 0.6) is 0 Å². The van der Waals surface area contributed by atoms with Gasteiger partial charge in [0.15, 0.2) is 0 Å². The summed E-state index contributed by atoms with van der Waals surface area (Å²) >= 11 is 0. The van der Waals surface area contributed by atoms with Crippen molar-refractivity contribution in [3.8, 4) is 0 Å². The molecule has 0 spiro atoms. The van der Waals surface area contributed by atoms with Gasteiger partial charge >= 0.3 is 0 Å². The Hall–Kier alpha value is -0.760. The van der Waals surface area contributed by atoms with Crippen molar-refractivity contribution in [3.63, 3.8) is 0 Å². The number of unbranched alkanes of at least 4 members (excludes halogenated alkanes) is 1. The number of rotatable bonds is 7. The number of furan rings is 1. The highest BCUT2D eigenvalue weighted by Crippen LogP contribution is 2.06. The van der Waals surface area contributed by atoms with Crippen LogP contribution in [0.2, 0.25) is 0 Å². The van der Waals surface area contributed by atoms with Crippen LogP contribution in [0.3, 0.4) is 0 Å². The van der Waals surface area contributed by atoms with Gasteiger partial charge in [0.25, 0.3) is 0 Å². The second-order valence-corrected chi connectivity index (χ2v) is 3.71. The lowest BCUT2D eigenvalue weighted by Crippen LogP contribution is -2.27. The SMILES string of the molecule is CCCC[C@@H](CC)NCc1ccco1. The van der Waals surface area contributed by atoms with Gasteiger partial charge in [-0.05, 0) is 25.0 Å². The highest BCUT2D eigenvalue weighted by molar-refractivity contribution is 4.97. The Labute approximate surface area is 86.7 Å². The van der Waals surface area contributed by atoms with E-state index in [0.717, 1.165) is 12.3 Å². The van der Waals surface area contributed by atoms with Crippen molar-refractivity contribution in [3.05, 3.63) is 24.2 Å². The Morgan fingerprint density at radius 2 is 2.29 bits per heavy atom.